The number of fused-ring (bicyclic) bond motifs is 1. The maximum atomic E-state index is 12.1. The topological polar surface area (TPSA) is 79.1 Å². The number of H-pyrrole nitrogens is 1. The molecule has 3 rings (SSSR count). The lowest BCUT2D eigenvalue weighted by atomic mass is 10.1. The largest absolute Gasteiger partial charge is 0.503 e. The minimum atomic E-state index is -0.383. The fraction of sp³-hybridized carbons (Fsp3) is 0. The van der Waals surface area contributed by atoms with Crippen LogP contribution in [0.3, 0.4) is 0 Å². The Bertz CT molecular complexity index is 822. The van der Waals surface area contributed by atoms with Crippen molar-refractivity contribution in [3.63, 3.8) is 0 Å². The Morgan fingerprint density at radius 2 is 1.84 bits per heavy atom. The number of para-hydroxylation sites is 1. The van der Waals surface area contributed by atoms with E-state index in [-0.39, 0.29) is 11.2 Å². The summed E-state index contributed by atoms with van der Waals surface area (Å²) in [4.78, 5) is 15.2. The van der Waals surface area contributed by atoms with E-state index in [1.54, 1.807) is 42.5 Å². The van der Waals surface area contributed by atoms with Gasteiger partial charge in [0, 0.05) is 22.2 Å². The van der Waals surface area contributed by atoms with Gasteiger partial charge < -0.3 is 15.8 Å². The van der Waals surface area contributed by atoms with Crippen LogP contribution in [0.25, 0.3) is 22.2 Å². The van der Waals surface area contributed by atoms with Crippen LogP contribution < -0.4 is 11.2 Å². The zero-order valence-electron chi connectivity index (χ0n) is 10.1. The van der Waals surface area contributed by atoms with Crippen molar-refractivity contribution in [2.24, 2.45) is 0 Å². The lowest BCUT2D eigenvalue weighted by molar-refractivity contribution is 0.471. The summed E-state index contributed by atoms with van der Waals surface area (Å²) in [5.74, 6) is -0.288. The van der Waals surface area contributed by atoms with Gasteiger partial charge in [0.15, 0.2) is 5.75 Å². The van der Waals surface area contributed by atoms with Crippen molar-refractivity contribution < 1.29 is 5.11 Å². The van der Waals surface area contributed by atoms with Crippen molar-refractivity contribution in [3.05, 3.63) is 58.8 Å². The number of nitrogen functional groups attached to an aromatic ring is 1. The van der Waals surface area contributed by atoms with Crippen LogP contribution in [-0.4, -0.2) is 10.1 Å². The number of benzene rings is 2. The summed E-state index contributed by atoms with van der Waals surface area (Å²) in [6, 6.07) is 14.1. The summed E-state index contributed by atoms with van der Waals surface area (Å²) in [5, 5.41) is 10.5. The van der Waals surface area contributed by atoms with E-state index >= 15 is 0 Å². The van der Waals surface area contributed by atoms with Crippen molar-refractivity contribution in [1.82, 2.24) is 4.98 Å². The third kappa shape index (κ3) is 1.83. The molecule has 0 saturated heterocycles. The van der Waals surface area contributed by atoms with Crippen molar-refractivity contribution in [3.8, 4) is 17.0 Å². The van der Waals surface area contributed by atoms with E-state index in [0.29, 0.717) is 27.8 Å². The maximum Gasteiger partial charge on any atom is 0.231 e. The second-order valence-corrected chi connectivity index (χ2v) is 4.35. The highest BCUT2D eigenvalue weighted by Crippen LogP contribution is 2.27. The first kappa shape index (κ1) is 11.3. The Morgan fingerprint density at radius 3 is 2.63 bits per heavy atom. The summed E-state index contributed by atoms with van der Waals surface area (Å²) in [7, 11) is 0. The number of hydrogen-bond acceptors (Lipinski definition) is 3. The molecule has 0 atom stereocenters. The third-order valence-electron chi connectivity index (χ3n) is 3.06. The highest BCUT2D eigenvalue weighted by molar-refractivity contribution is 5.84. The molecular weight excluding hydrogens is 240 g/mol. The molecule has 4 heteroatoms. The Kier molecular flexibility index (Phi) is 2.49. The van der Waals surface area contributed by atoms with Gasteiger partial charge in [0.2, 0.25) is 5.43 Å². The highest BCUT2D eigenvalue weighted by Gasteiger charge is 2.12. The Hall–Kier alpha value is -2.75. The molecule has 4 nitrogen and oxygen atoms in total. The fourth-order valence-corrected chi connectivity index (χ4v) is 2.13. The van der Waals surface area contributed by atoms with Gasteiger partial charge in [-0.1, -0.05) is 24.3 Å². The number of hydrogen-bond donors (Lipinski definition) is 3. The normalized spacial score (nSPS) is 10.7. The third-order valence-corrected chi connectivity index (χ3v) is 3.06. The van der Waals surface area contributed by atoms with E-state index in [9.17, 15) is 9.90 Å². The Labute approximate surface area is 109 Å². The quantitative estimate of drug-likeness (QED) is 0.582. The predicted molar refractivity (Wildman–Crippen MR) is 76.1 cm³/mol. The summed E-state index contributed by atoms with van der Waals surface area (Å²) >= 11 is 0. The zero-order valence-corrected chi connectivity index (χ0v) is 10.1. The van der Waals surface area contributed by atoms with Crippen molar-refractivity contribution in [2.75, 3.05) is 5.73 Å². The number of aromatic amines is 1. The Balaban J connectivity index is 2.36. The van der Waals surface area contributed by atoms with Gasteiger partial charge in [0.25, 0.3) is 0 Å². The lowest BCUT2D eigenvalue weighted by Crippen LogP contribution is -2.04. The van der Waals surface area contributed by atoms with E-state index in [1.807, 2.05) is 6.07 Å². The van der Waals surface area contributed by atoms with Crippen LogP contribution in [0.5, 0.6) is 5.75 Å². The predicted octanol–water partition coefficient (Wildman–Crippen LogP) is 2.48. The number of pyridine rings is 1. The monoisotopic (exact) mass is 252 g/mol. The van der Waals surface area contributed by atoms with Gasteiger partial charge in [0.1, 0.15) is 0 Å². The van der Waals surface area contributed by atoms with E-state index in [0.717, 1.165) is 0 Å². The van der Waals surface area contributed by atoms with Gasteiger partial charge in [-0.05, 0) is 24.3 Å². The average molecular weight is 252 g/mol. The second-order valence-electron chi connectivity index (χ2n) is 4.35. The molecule has 4 N–H and O–H groups in total. The van der Waals surface area contributed by atoms with Crippen LogP contribution in [-0.2, 0) is 0 Å². The number of nitrogens with one attached hydrogen (secondary N) is 1. The molecule has 0 bridgehead atoms. The molecule has 0 aliphatic carbocycles. The summed E-state index contributed by atoms with van der Waals surface area (Å²) < 4.78 is 0. The van der Waals surface area contributed by atoms with Gasteiger partial charge in [-0.25, -0.2) is 0 Å². The fourth-order valence-electron chi connectivity index (χ4n) is 2.13. The van der Waals surface area contributed by atoms with Gasteiger partial charge in [-0.3, -0.25) is 4.79 Å². The molecule has 2 aromatic carbocycles. The molecule has 0 radical (unpaired) electrons. The number of rotatable bonds is 1. The van der Waals surface area contributed by atoms with E-state index in [1.165, 1.54) is 0 Å². The molecule has 1 heterocycles. The van der Waals surface area contributed by atoms with Gasteiger partial charge in [0.05, 0.1) is 5.69 Å². The lowest BCUT2D eigenvalue weighted by Gasteiger charge is -2.07. The van der Waals surface area contributed by atoms with E-state index in [4.69, 9.17) is 5.73 Å². The smallest absolute Gasteiger partial charge is 0.231 e. The first-order chi connectivity index (χ1) is 9.16. The van der Waals surface area contributed by atoms with Crippen molar-refractivity contribution in [1.29, 1.82) is 0 Å². The number of nitrogens with two attached hydrogens (primary N) is 1. The number of aromatic hydroxyl groups is 1. The molecule has 19 heavy (non-hydrogen) atoms. The molecule has 0 fully saturated rings. The maximum absolute atomic E-state index is 12.1. The molecule has 0 aliphatic rings. The van der Waals surface area contributed by atoms with Crippen LogP contribution in [0.2, 0.25) is 0 Å². The zero-order chi connectivity index (χ0) is 13.4. The van der Waals surface area contributed by atoms with Crippen molar-refractivity contribution >= 4 is 16.6 Å². The standard InChI is InChI=1S/C15H12N2O2/c16-10-5-3-4-9(8-10)13-15(19)14(18)11-6-1-2-7-12(11)17-13/h1-8,19H,16H2,(H,17,18). The van der Waals surface area contributed by atoms with Gasteiger partial charge in [-0.15, -0.1) is 0 Å². The SMILES string of the molecule is Nc1cccc(-c2[nH]c3ccccc3c(=O)c2O)c1. The van der Waals surface area contributed by atoms with Crippen molar-refractivity contribution in [2.45, 2.75) is 0 Å². The second kappa shape index (κ2) is 4.17. The minimum absolute atomic E-state index is 0.288. The molecule has 1 aromatic heterocycles. The minimum Gasteiger partial charge on any atom is -0.503 e. The first-order valence-corrected chi connectivity index (χ1v) is 5.87. The first-order valence-electron chi connectivity index (χ1n) is 5.87. The summed E-state index contributed by atoms with van der Waals surface area (Å²) in [6.45, 7) is 0. The van der Waals surface area contributed by atoms with Gasteiger partial charge >= 0.3 is 0 Å². The molecule has 0 saturated carbocycles. The molecule has 0 aliphatic heterocycles. The average Bonchev–Trinajstić information content (AvgIpc) is 2.43. The van der Waals surface area contributed by atoms with Crippen LogP contribution in [0.1, 0.15) is 0 Å². The highest BCUT2D eigenvalue weighted by atomic mass is 16.3. The van der Waals surface area contributed by atoms with Crippen LogP contribution >= 0.6 is 0 Å². The molecule has 0 unspecified atom stereocenters. The van der Waals surface area contributed by atoms with Crippen LogP contribution in [0.15, 0.2) is 53.3 Å². The van der Waals surface area contributed by atoms with E-state index < -0.39 is 0 Å². The number of aromatic nitrogens is 1. The van der Waals surface area contributed by atoms with Crippen LogP contribution in [0.4, 0.5) is 5.69 Å². The molecular formula is C15H12N2O2. The Morgan fingerprint density at radius 1 is 1.05 bits per heavy atom. The molecule has 0 spiro atoms. The molecule has 3 aromatic rings. The summed E-state index contributed by atoms with van der Waals surface area (Å²) in [5.41, 5.74) is 7.66. The number of anilines is 1. The summed E-state index contributed by atoms with van der Waals surface area (Å²) in [6.07, 6.45) is 0. The van der Waals surface area contributed by atoms with Gasteiger partial charge in [-0.2, -0.15) is 0 Å². The van der Waals surface area contributed by atoms with E-state index in [2.05, 4.69) is 4.98 Å². The van der Waals surface area contributed by atoms with Crippen LogP contribution in [0, 0.1) is 0 Å². The molecule has 0 amide bonds. The molecule has 94 valence electrons.